The van der Waals surface area contributed by atoms with Gasteiger partial charge in [-0.15, -0.1) is 0 Å². The number of carbonyl (C=O) groups excluding carboxylic acids is 1. The summed E-state index contributed by atoms with van der Waals surface area (Å²) in [5.41, 5.74) is 2.56. The maximum atomic E-state index is 12.1. The van der Waals surface area contributed by atoms with Crippen molar-refractivity contribution in [2.75, 3.05) is 19.0 Å². The average molecular weight is 298 g/mol. The molecule has 0 bridgehead atoms. The summed E-state index contributed by atoms with van der Waals surface area (Å²) in [5.74, 6) is 0.608. The van der Waals surface area contributed by atoms with Crippen LogP contribution in [0.15, 0.2) is 48.8 Å². The summed E-state index contributed by atoms with van der Waals surface area (Å²) in [6.07, 6.45) is 3.59. The molecule has 5 heteroatoms. The third-order valence-electron chi connectivity index (χ3n) is 3.52. The summed E-state index contributed by atoms with van der Waals surface area (Å²) in [7, 11) is 5.90. The van der Waals surface area contributed by atoms with Crippen molar-refractivity contribution in [3.05, 3.63) is 60.2 Å². The Morgan fingerprint density at radius 3 is 2.41 bits per heavy atom. The SMILES string of the molecule is C=C(C)C(=O)NC(c1ccc(N(C)C)cc1)c1nccn1C. The number of anilines is 1. The topological polar surface area (TPSA) is 50.2 Å². The van der Waals surface area contributed by atoms with E-state index >= 15 is 0 Å². The minimum atomic E-state index is -0.305. The molecule has 1 amide bonds. The van der Waals surface area contributed by atoms with Crippen LogP contribution in [0.2, 0.25) is 0 Å². The second-order valence-corrected chi connectivity index (χ2v) is 5.57. The molecule has 22 heavy (non-hydrogen) atoms. The number of benzene rings is 1. The molecule has 5 nitrogen and oxygen atoms in total. The first-order valence-electron chi connectivity index (χ1n) is 7.11. The van der Waals surface area contributed by atoms with Crippen LogP contribution in [0.5, 0.6) is 0 Å². The van der Waals surface area contributed by atoms with E-state index in [4.69, 9.17) is 0 Å². The van der Waals surface area contributed by atoms with Gasteiger partial charge in [0.2, 0.25) is 5.91 Å². The summed E-state index contributed by atoms with van der Waals surface area (Å²) in [4.78, 5) is 18.5. The molecule has 2 aromatic rings. The van der Waals surface area contributed by atoms with Crippen LogP contribution in [0.4, 0.5) is 5.69 Å². The van der Waals surface area contributed by atoms with Crippen molar-refractivity contribution in [1.82, 2.24) is 14.9 Å². The highest BCUT2D eigenvalue weighted by atomic mass is 16.1. The van der Waals surface area contributed by atoms with Crippen LogP contribution in [0.25, 0.3) is 0 Å². The molecule has 0 saturated carbocycles. The number of carbonyl (C=O) groups is 1. The molecule has 1 atom stereocenters. The minimum Gasteiger partial charge on any atom is -0.378 e. The lowest BCUT2D eigenvalue weighted by Gasteiger charge is -2.20. The van der Waals surface area contributed by atoms with Crippen molar-refractivity contribution in [3.8, 4) is 0 Å². The Balaban J connectivity index is 2.37. The van der Waals surface area contributed by atoms with E-state index in [1.165, 1.54) is 0 Å². The molecule has 0 aliphatic carbocycles. The Bertz CT molecular complexity index is 670. The molecule has 0 fully saturated rings. The standard InChI is InChI=1S/C17H22N4O/c1-12(2)17(22)19-15(16-18-10-11-21(16)5)13-6-8-14(9-7-13)20(3)4/h6-11,15H,1H2,2-5H3,(H,19,22). The smallest absolute Gasteiger partial charge is 0.247 e. The highest BCUT2D eigenvalue weighted by Gasteiger charge is 2.20. The maximum Gasteiger partial charge on any atom is 0.247 e. The Kier molecular flexibility index (Phi) is 4.65. The van der Waals surface area contributed by atoms with Gasteiger partial charge in [-0.3, -0.25) is 4.79 Å². The predicted molar refractivity (Wildman–Crippen MR) is 88.8 cm³/mol. The summed E-state index contributed by atoms with van der Waals surface area (Å²) in [5, 5.41) is 2.99. The fraction of sp³-hybridized carbons (Fsp3) is 0.294. The van der Waals surface area contributed by atoms with E-state index in [1.807, 2.05) is 61.1 Å². The van der Waals surface area contributed by atoms with E-state index < -0.39 is 0 Å². The van der Waals surface area contributed by atoms with Gasteiger partial charge in [-0.25, -0.2) is 4.98 Å². The zero-order chi connectivity index (χ0) is 16.3. The second-order valence-electron chi connectivity index (χ2n) is 5.57. The minimum absolute atomic E-state index is 0.176. The fourth-order valence-corrected chi connectivity index (χ4v) is 2.17. The van der Waals surface area contributed by atoms with E-state index in [9.17, 15) is 4.79 Å². The lowest BCUT2D eigenvalue weighted by molar-refractivity contribution is -0.117. The highest BCUT2D eigenvalue weighted by Crippen LogP contribution is 2.23. The number of rotatable bonds is 5. The molecule has 1 aromatic heterocycles. The molecule has 0 saturated heterocycles. The third kappa shape index (κ3) is 3.36. The number of hydrogen-bond donors (Lipinski definition) is 1. The van der Waals surface area contributed by atoms with Gasteiger partial charge in [0.25, 0.3) is 0 Å². The molecule has 0 aliphatic rings. The number of aryl methyl sites for hydroxylation is 1. The molecule has 1 aromatic carbocycles. The van der Waals surface area contributed by atoms with E-state index in [1.54, 1.807) is 13.1 Å². The summed E-state index contributed by atoms with van der Waals surface area (Å²) >= 11 is 0. The quantitative estimate of drug-likeness (QED) is 0.862. The van der Waals surface area contributed by atoms with Gasteiger partial charge in [0.1, 0.15) is 11.9 Å². The number of nitrogens with one attached hydrogen (secondary N) is 1. The Hall–Kier alpha value is -2.56. The van der Waals surface area contributed by atoms with Gasteiger partial charge in [-0.1, -0.05) is 18.7 Å². The van der Waals surface area contributed by atoms with Gasteiger partial charge in [-0.05, 0) is 24.6 Å². The van der Waals surface area contributed by atoms with Gasteiger partial charge in [0, 0.05) is 44.8 Å². The van der Waals surface area contributed by atoms with Crippen LogP contribution < -0.4 is 10.2 Å². The monoisotopic (exact) mass is 298 g/mol. The number of imidazole rings is 1. The highest BCUT2D eigenvalue weighted by molar-refractivity contribution is 5.92. The Labute approximate surface area is 131 Å². The third-order valence-corrected chi connectivity index (χ3v) is 3.52. The average Bonchev–Trinajstić information content (AvgIpc) is 2.90. The maximum absolute atomic E-state index is 12.1. The van der Waals surface area contributed by atoms with Gasteiger partial charge in [0.15, 0.2) is 0 Å². The van der Waals surface area contributed by atoms with Gasteiger partial charge in [-0.2, -0.15) is 0 Å². The molecule has 2 rings (SSSR count). The van der Waals surface area contributed by atoms with Crippen molar-refractivity contribution in [2.45, 2.75) is 13.0 Å². The van der Waals surface area contributed by atoms with E-state index in [-0.39, 0.29) is 11.9 Å². The lowest BCUT2D eigenvalue weighted by Crippen LogP contribution is -2.31. The molecule has 116 valence electrons. The number of aromatic nitrogens is 2. The Morgan fingerprint density at radius 1 is 1.32 bits per heavy atom. The van der Waals surface area contributed by atoms with Crippen LogP contribution in [0, 0.1) is 0 Å². The van der Waals surface area contributed by atoms with E-state index in [0.717, 1.165) is 17.1 Å². The van der Waals surface area contributed by atoms with Crippen LogP contribution in [0.3, 0.4) is 0 Å². The van der Waals surface area contributed by atoms with Crippen LogP contribution >= 0.6 is 0 Å². The van der Waals surface area contributed by atoms with Crippen LogP contribution in [0.1, 0.15) is 24.4 Å². The summed E-state index contributed by atoms with van der Waals surface area (Å²) < 4.78 is 1.91. The summed E-state index contributed by atoms with van der Waals surface area (Å²) in [6, 6.07) is 7.76. The number of nitrogens with zero attached hydrogens (tertiary/aromatic N) is 3. The molecular weight excluding hydrogens is 276 g/mol. The molecule has 1 unspecified atom stereocenters. The first-order chi connectivity index (χ1) is 10.4. The largest absolute Gasteiger partial charge is 0.378 e. The Morgan fingerprint density at radius 2 is 1.95 bits per heavy atom. The van der Waals surface area contributed by atoms with Crippen molar-refractivity contribution in [2.24, 2.45) is 7.05 Å². The zero-order valence-corrected chi connectivity index (χ0v) is 13.5. The van der Waals surface area contributed by atoms with Gasteiger partial charge < -0.3 is 14.8 Å². The molecular formula is C17H22N4O. The van der Waals surface area contributed by atoms with Crippen molar-refractivity contribution in [3.63, 3.8) is 0 Å². The van der Waals surface area contributed by atoms with Gasteiger partial charge in [0.05, 0.1) is 0 Å². The number of hydrogen-bond acceptors (Lipinski definition) is 3. The first-order valence-corrected chi connectivity index (χ1v) is 7.11. The molecule has 1 heterocycles. The van der Waals surface area contributed by atoms with Crippen LogP contribution in [-0.2, 0) is 11.8 Å². The molecule has 0 radical (unpaired) electrons. The second kappa shape index (κ2) is 6.47. The molecule has 1 N–H and O–H groups in total. The van der Waals surface area contributed by atoms with Crippen LogP contribution in [-0.4, -0.2) is 29.6 Å². The van der Waals surface area contributed by atoms with E-state index in [2.05, 4.69) is 16.9 Å². The molecule has 0 spiro atoms. The van der Waals surface area contributed by atoms with Crippen molar-refractivity contribution < 1.29 is 4.79 Å². The van der Waals surface area contributed by atoms with Crippen molar-refractivity contribution >= 4 is 11.6 Å². The fourth-order valence-electron chi connectivity index (χ4n) is 2.17. The lowest BCUT2D eigenvalue weighted by atomic mass is 10.0. The first kappa shape index (κ1) is 15.8. The van der Waals surface area contributed by atoms with Gasteiger partial charge >= 0.3 is 0 Å². The van der Waals surface area contributed by atoms with E-state index in [0.29, 0.717) is 5.57 Å². The predicted octanol–water partition coefficient (Wildman–Crippen LogP) is 2.27. The molecule has 0 aliphatic heterocycles. The zero-order valence-electron chi connectivity index (χ0n) is 13.5. The normalized spacial score (nSPS) is 11.8. The summed E-state index contributed by atoms with van der Waals surface area (Å²) in [6.45, 7) is 5.39. The van der Waals surface area contributed by atoms with Crippen molar-refractivity contribution in [1.29, 1.82) is 0 Å². The number of amides is 1.